The molecule has 260 valence electrons. The summed E-state index contributed by atoms with van der Waals surface area (Å²) >= 11 is 0. The van der Waals surface area contributed by atoms with Crippen LogP contribution in [0.5, 0.6) is 0 Å². The quantitative estimate of drug-likeness (QED) is 0.183. The number of aliphatic carboxylic acids is 2. The molecule has 6 aliphatic rings. The van der Waals surface area contributed by atoms with Crippen molar-refractivity contribution >= 4 is 11.9 Å². The number of carboxylic acids is 2. The first kappa shape index (κ1) is 34.3. The fourth-order valence-corrected chi connectivity index (χ4v) is 13.1. The smallest absolute Gasteiger partial charge is 0.335 e. The lowest BCUT2D eigenvalue weighted by molar-refractivity contribution is -0.329. The number of hydrogen-bond donors (Lipinski definition) is 6. The summed E-state index contributed by atoms with van der Waals surface area (Å²) in [6, 6.07) is 0. The molecule has 1 aliphatic heterocycles. The lowest BCUT2D eigenvalue weighted by Gasteiger charge is -2.73. The molecule has 1 heterocycles. The summed E-state index contributed by atoms with van der Waals surface area (Å²) in [7, 11) is 0. The minimum absolute atomic E-state index is 0.0181. The van der Waals surface area contributed by atoms with E-state index < -0.39 is 59.6 Å². The second-order valence-corrected chi connectivity index (χ2v) is 17.2. The van der Waals surface area contributed by atoms with Gasteiger partial charge in [0.2, 0.25) is 0 Å². The van der Waals surface area contributed by atoms with E-state index in [1.807, 2.05) is 6.92 Å². The molecule has 0 aromatic rings. The zero-order chi connectivity index (χ0) is 33.8. The van der Waals surface area contributed by atoms with E-state index >= 15 is 0 Å². The van der Waals surface area contributed by atoms with Gasteiger partial charge in [-0.15, -0.1) is 0 Å². The first-order chi connectivity index (χ1) is 21.4. The average molecular weight is 649 g/mol. The number of ether oxygens (including phenoxy) is 2. The van der Waals surface area contributed by atoms with E-state index in [0.29, 0.717) is 24.7 Å². The zero-order valence-corrected chi connectivity index (χ0v) is 28.2. The van der Waals surface area contributed by atoms with E-state index in [0.717, 1.165) is 56.9 Å². The van der Waals surface area contributed by atoms with Crippen LogP contribution >= 0.6 is 0 Å². The normalized spacial score (nSPS) is 54.9. The average Bonchev–Trinajstić information content (AvgIpc) is 3.40. The van der Waals surface area contributed by atoms with Crippen molar-refractivity contribution < 1.29 is 49.7 Å². The van der Waals surface area contributed by atoms with Crippen molar-refractivity contribution in [2.24, 2.45) is 56.7 Å². The van der Waals surface area contributed by atoms with Crippen LogP contribution in [0.1, 0.15) is 98.8 Å². The standard InChI is InChI=1S/C36H56O10/c1-18(2)19-9-14-36(31(43)44)16-15-34(5)20(24(19)36)7-8-22-32(3)12-11-23(33(4,17-37)21(32)10-13-35(22,34)6)45-30-27(40)25(38)26(39)28(46-30)29(41)42/h19-28,30,37-40H,1,7-17H2,2-6H3,(H,41,42)(H,43,44)/t19-,20+,21?,22+,23-,24?,25-,26-,27+,28-,30+,32-,33-,34+,35+,36-/m0/s1. The molecule has 6 rings (SSSR count). The summed E-state index contributed by atoms with van der Waals surface area (Å²) in [5.74, 6) is -1.02. The Morgan fingerprint density at radius 1 is 0.826 bits per heavy atom. The van der Waals surface area contributed by atoms with E-state index in [9.17, 15) is 40.2 Å². The molecular formula is C36H56O10. The summed E-state index contributed by atoms with van der Waals surface area (Å²) in [6.45, 7) is 15.6. The second kappa shape index (κ2) is 11.2. The van der Waals surface area contributed by atoms with Crippen molar-refractivity contribution in [2.45, 2.75) is 136 Å². The van der Waals surface area contributed by atoms with Gasteiger partial charge in [0, 0.05) is 5.41 Å². The summed E-state index contributed by atoms with van der Waals surface area (Å²) in [5, 5.41) is 62.5. The molecule has 0 spiro atoms. The lowest BCUT2D eigenvalue weighted by Crippen LogP contribution is -2.68. The van der Waals surface area contributed by atoms with Gasteiger partial charge in [-0.25, -0.2) is 4.79 Å². The minimum Gasteiger partial charge on any atom is -0.481 e. The Bertz CT molecular complexity index is 1260. The van der Waals surface area contributed by atoms with Crippen molar-refractivity contribution in [3.8, 4) is 0 Å². The second-order valence-electron chi connectivity index (χ2n) is 17.2. The van der Waals surface area contributed by atoms with Gasteiger partial charge in [-0.05, 0) is 117 Å². The van der Waals surface area contributed by atoms with Crippen LogP contribution in [0.25, 0.3) is 0 Å². The predicted octanol–water partition coefficient (Wildman–Crippen LogP) is 3.98. The fourth-order valence-electron chi connectivity index (χ4n) is 13.1. The molecule has 16 atom stereocenters. The van der Waals surface area contributed by atoms with E-state index in [4.69, 9.17) is 9.47 Å². The van der Waals surface area contributed by atoms with Gasteiger partial charge in [0.25, 0.3) is 0 Å². The van der Waals surface area contributed by atoms with Crippen LogP contribution in [0.15, 0.2) is 12.2 Å². The van der Waals surface area contributed by atoms with Crippen LogP contribution in [0.2, 0.25) is 0 Å². The summed E-state index contributed by atoms with van der Waals surface area (Å²) in [6.07, 6.45) is -0.571. The Balaban J connectivity index is 1.29. The van der Waals surface area contributed by atoms with Crippen molar-refractivity contribution in [1.29, 1.82) is 0 Å². The van der Waals surface area contributed by atoms with Gasteiger partial charge in [-0.2, -0.15) is 0 Å². The SMILES string of the molecule is C=C(C)[C@@H]1CC[C@]2(C(=O)O)CC[C@]3(C)[C@H](CC[C@@H]4[C@@]5(C)CC[C@H](O[C@@H]6O[C@H](C(=O)O)[C@@H](O)[C@H](O)[C@H]6O)[C@@](C)(CO)C5CC[C@]43C)C12. The number of aliphatic hydroxyl groups is 4. The van der Waals surface area contributed by atoms with Crippen molar-refractivity contribution in [3.05, 3.63) is 12.2 Å². The number of hydrogen-bond acceptors (Lipinski definition) is 8. The number of allylic oxidation sites excluding steroid dienone is 1. The topological polar surface area (TPSA) is 174 Å². The molecule has 5 saturated carbocycles. The fraction of sp³-hybridized carbons (Fsp3) is 0.889. The molecule has 5 aliphatic carbocycles. The third kappa shape index (κ3) is 4.42. The largest absolute Gasteiger partial charge is 0.481 e. The molecule has 10 nitrogen and oxygen atoms in total. The molecule has 0 aromatic carbocycles. The molecule has 2 unspecified atom stereocenters. The highest BCUT2D eigenvalue weighted by molar-refractivity contribution is 5.76. The van der Waals surface area contributed by atoms with Gasteiger partial charge >= 0.3 is 11.9 Å². The van der Waals surface area contributed by atoms with Crippen molar-refractivity contribution in [2.75, 3.05) is 6.61 Å². The molecular weight excluding hydrogens is 592 g/mol. The number of carboxylic acid groups (broad SMARTS) is 2. The third-order valence-electron chi connectivity index (χ3n) is 15.7. The minimum atomic E-state index is -1.80. The van der Waals surface area contributed by atoms with E-state index in [1.165, 1.54) is 0 Å². The number of aliphatic hydroxyl groups excluding tert-OH is 4. The Labute approximate surface area is 272 Å². The van der Waals surface area contributed by atoms with Crippen LogP contribution in [-0.2, 0) is 19.1 Å². The summed E-state index contributed by atoms with van der Waals surface area (Å²) < 4.78 is 11.8. The maximum Gasteiger partial charge on any atom is 0.335 e. The van der Waals surface area contributed by atoms with Gasteiger partial charge in [0.05, 0.1) is 18.1 Å². The van der Waals surface area contributed by atoms with E-state index in [2.05, 4.69) is 34.3 Å². The van der Waals surface area contributed by atoms with E-state index in [1.54, 1.807) is 0 Å². The van der Waals surface area contributed by atoms with Gasteiger partial charge in [0.15, 0.2) is 12.4 Å². The van der Waals surface area contributed by atoms with E-state index in [-0.39, 0.29) is 40.6 Å². The Morgan fingerprint density at radius 2 is 1.52 bits per heavy atom. The van der Waals surface area contributed by atoms with Crippen LogP contribution in [0.4, 0.5) is 0 Å². The Kier molecular flexibility index (Phi) is 8.38. The summed E-state index contributed by atoms with van der Waals surface area (Å²) in [4.78, 5) is 24.7. The molecule has 10 heteroatoms. The predicted molar refractivity (Wildman–Crippen MR) is 167 cm³/mol. The lowest BCUT2D eigenvalue weighted by atomic mass is 9.32. The van der Waals surface area contributed by atoms with Crippen LogP contribution < -0.4 is 0 Å². The molecule has 46 heavy (non-hydrogen) atoms. The number of rotatable bonds is 6. The van der Waals surface area contributed by atoms with Crippen molar-refractivity contribution in [3.63, 3.8) is 0 Å². The van der Waals surface area contributed by atoms with Crippen LogP contribution in [-0.4, -0.2) is 86.0 Å². The Morgan fingerprint density at radius 3 is 2.13 bits per heavy atom. The molecule has 1 saturated heterocycles. The molecule has 6 N–H and O–H groups in total. The molecule has 0 bridgehead atoms. The summed E-state index contributed by atoms with van der Waals surface area (Å²) in [5.41, 5.74) is -0.461. The van der Waals surface area contributed by atoms with Gasteiger partial charge in [0.1, 0.15) is 18.3 Å². The van der Waals surface area contributed by atoms with Gasteiger partial charge in [-0.1, -0.05) is 39.8 Å². The highest BCUT2D eigenvalue weighted by atomic mass is 16.7. The highest BCUT2D eigenvalue weighted by Gasteiger charge is 2.72. The first-order valence-corrected chi connectivity index (χ1v) is 17.5. The van der Waals surface area contributed by atoms with Gasteiger partial charge < -0.3 is 40.1 Å². The monoisotopic (exact) mass is 648 g/mol. The van der Waals surface area contributed by atoms with Gasteiger partial charge in [-0.3, -0.25) is 4.79 Å². The van der Waals surface area contributed by atoms with Crippen molar-refractivity contribution in [1.82, 2.24) is 0 Å². The maximum absolute atomic E-state index is 12.9. The first-order valence-electron chi connectivity index (χ1n) is 17.5. The maximum atomic E-state index is 12.9. The molecule has 0 radical (unpaired) electrons. The molecule has 0 amide bonds. The van der Waals surface area contributed by atoms with Crippen LogP contribution in [0, 0.1) is 56.7 Å². The number of carbonyl (C=O) groups is 2. The van der Waals surface area contributed by atoms with Crippen LogP contribution in [0.3, 0.4) is 0 Å². The Hall–Kier alpha value is -1.56. The molecule has 6 fully saturated rings. The molecule has 0 aromatic heterocycles. The number of fused-ring (bicyclic) bond motifs is 7. The third-order valence-corrected chi connectivity index (χ3v) is 15.7. The zero-order valence-electron chi connectivity index (χ0n) is 28.2. The highest BCUT2D eigenvalue weighted by Crippen LogP contribution is 2.77.